The Morgan fingerprint density at radius 1 is 1.14 bits per heavy atom. The van der Waals surface area contributed by atoms with Crippen molar-refractivity contribution in [2.75, 3.05) is 14.1 Å². The molecule has 1 rings (SSSR count). The lowest BCUT2D eigenvalue weighted by atomic mass is 10.0. The summed E-state index contributed by atoms with van der Waals surface area (Å²) in [5, 5.41) is 0. The van der Waals surface area contributed by atoms with Gasteiger partial charge in [0.2, 0.25) is 5.71 Å². The summed E-state index contributed by atoms with van der Waals surface area (Å²) < 4.78 is 2.13. The molecule has 14 heavy (non-hydrogen) atoms. The van der Waals surface area contributed by atoms with Crippen LogP contribution in [0.15, 0.2) is 35.5 Å². The summed E-state index contributed by atoms with van der Waals surface area (Å²) in [5.74, 6) is 0. The first-order chi connectivity index (χ1) is 6.65. The summed E-state index contributed by atoms with van der Waals surface area (Å²) in [6.45, 7) is 8.19. The first-order valence-electron chi connectivity index (χ1n) is 5.22. The van der Waals surface area contributed by atoms with Gasteiger partial charge in [0.05, 0.1) is 0 Å². The Balaban J connectivity index is 0.000000791. The summed E-state index contributed by atoms with van der Waals surface area (Å²) >= 11 is 0. The predicted octanol–water partition coefficient (Wildman–Crippen LogP) is 3.19. The van der Waals surface area contributed by atoms with Crippen LogP contribution in [-0.2, 0) is 0 Å². The van der Waals surface area contributed by atoms with E-state index in [1.807, 2.05) is 13.8 Å². The third-order valence-corrected chi connectivity index (χ3v) is 1.98. The second-order valence-electron chi connectivity index (χ2n) is 3.25. The Morgan fingerprint density at radius 3 is 2.14 bits per heavy atom. The highest BCUT2D eigenvalue weighted by molar-refractivity contribution is 6.08. The Labute approximate surface area is 88.2 Å². The zero-order valence-corrected chi connectivity index (χ0v) is 10.3. The lowest BCUT2D eigenvalue weighted by Gasteiger charge is -2.06. The molecule has 0 saturated carbocycles. The van der Waals surface area contributed by atoms with Gasteiger partial charge in [0.15, 0.2) is 0 Å². The molecule has 0 radical (unpaired) electrons. The molecule has 0 atom stereocenters. The fourth-order valence-corrected chi connectivity index (χ4v) is 1.31. The molecule has 1 heteroatoms. The molecule has 0 spiro atoms. The Morgan fingerprint density at radius 2 is 1.71 bits per heavy atom. The highest BCUT2D eigenvalue weighted by Gasteiger charge is 2.11. The fraction of sp³-hybridized carbons (Fsp3) is 0.462. The molecular formula is C13H22N+. The van der Waals surface area contributed by atoms with Crippen LogP contribution in [-0.4, -0.2) is 24.4 Å². The third-order valence-electron chi connectivity index (χ3n) is 1.98. The predicted molar refractivity (Wildman–Crippen MR) is 65.1 cm³/mol. The van der Waals surface area contributed by atoms with Crippen molar-refractivity contribution in [1.82, 2.24) is 0 Å². The van der Waals surface area contributed by atoms with Gasteiger partial charge in [-0.15, -0.1) is 0 Å². The Kier molecular flexibility index (Phi) is 5.86. The molecule has 0 aromatic carbocycles. The van der Waals surface area contributed by atoms with Crippen LogP contribution in [0, 0.1) is 0 Å². The van der Waals surface area contributed by atoms with Gasteiger partial charge < -0.3 is 0 Å². The van der Waals surface area contributed by atoms with Gasteiger partial charge in [0.1, 0.15) is 14.1 Å². The minimum Gasteiger partial charge on any atom is -0.235 e. The van der Waals surface area contributed by atoms with Gasteiger partial charge in [0.25, 0.3) is 0 Å². The van der Waals surface area contributed by atoms with Crippen LogP contribution < -0.4 is 0 Å². The molecule has 0 amide bonds. The zero-order chi connectivity index (χ0) is 11.1. The van der Waals surface area contributed by atoms with Crippen molar-refractivity contribution in [3.05, 3.63) is 35.5 Å². The standard InChI is InChI=1S/C11H16N.C2H6/c1-5-10-8-9(2)6-7-11(10)12(3)4;1-2/h5-8H,1-4H3;1-2H3/q+1;/b10-5-;. The van der Waals surface area contributed by atoms with Crippen LogP contribution in [0.25, 0.3) is 0 Å². The van der Waals surface area contributed by atoms with Crippen molar-refractivity contribution >= 4 is 5.71 Å². The van der Waals surface area contributed by atoms with E-state index in [9.17, 15) is 0 Å². The van der Waals surface area contributed by atoms with Gasteiger partial charge in [-0.2, -0.15) is 0 Å². The fourth-order valence-electron chi connectivity index (χ4n) is 1.31. The monoisotopic (exact) mass is 192 g/mol. The summed E-state index contributed by atoms with van der Waals surface area (Å²) in [4.78, 5) is 0. The molecule has 78 valence electrons. The molecule has 0 heterocycles. The summed E-state index contributed by atoms with van der Waals surface area (Å²) in [6, 6.07) is 0. The largest absolute Gasteiger partial charge is 0.235 e. The molecule has 0 aromatic rings. The van der Waals surface area contributed by atoms with Crippen molar-refractivity contribution in [2.24, 2.45) is 0 Å². The smallest absolute Gasteiger partial charge is 0.206 e. The molecule has 0 N–H and O–H groups in total. The van der Waals surface area contributed by atoms with E-state index in [0.29, 0.717) is 0 Å². The molecule has 1 aliphatic carbocycles. The molecule has 0 aliphatic heterocycles. The maximum atomic E-state index is 2.20. The van der Waals surface area contributed by atoms with E-state index >= 15 is 0 Å². The number of hydrogen-bond donors (Lipinski definition) is 0. The van der Waals surface area contributed by atoms with Crippen LogP contribution >= 0.6 is 0 Å². The van der Waals surface area contributed by atoms with Crippen LogP contribution in [0.5, 0.6) is 0 Å². The highest BCUT2D eigenvalue weighted by Crippen LogP contribution is 2.12. The van der Waals surface area contributed by atoms with Gasteiger partial charge in [-0.05, 0) is 19.9 Å². The second kappa shape index (κ2) is 6.36. The molecule has 0 fully saturated rings. The number of rotatable bonds is 0. The average molecular weight is 192 g/mol. The molecule has 1 nitrogen and oxygen atoms in total. The van der Waals surface area contributed by atoms with Crippen LogP contribution in [0.2, 0.25) is 0 Å². The lowest BCUT2D eigenvalue weighted by Crippen LogP contribution is -2.14. The van der Waals surface area contributed by atoms with E-state index in [0.717, 1.165) is 0 Å². The van der Waals surface area contributed by atoms with E-state index in [2.05, 4.69) is 56.8 Å². The summed E-state index contributed by atoms with van der Waals surface area (Å²) in [6.07, 6.45) is 8.64. The maximum absolute atomic E-state index is 2.20. The summed E-state index contributed by atoms with van der Waals surface area (Å²) in [7, 11) is 4.13. The second-order valence-corrected chi connectivity index (χ2v) is 3.25. The van der Waals surface area contributed by atoms with E-state index in [1.165, 1.54) is 16.9 Å². The Bertz CT molecular complexity index is 297. The van der Waals surface area contributed by atoms with Gasteiger partial charge in [-0.25, -0.2) is 4.58 Å². The number of hydrogen-bond acceptors (Lipinski definition) is 0. The Hall–Kier alpha value is -1.11. The van der Waals surface area contributed by atoms with Gasteiger partial charge >= 0.3 is 0 Å². The van der Waals surface area contributed by atoms with Gasteiger partial charge in [0, 0.05) is 11.6 Å². The maximum Gasteiger partial charge on any atom is 0.206 e. The summed E-state index contributed by atoms with van der Waals surface area (Å²) in [5.41, 5.74) is 3.90. The lowest BCUT2D eigenvalue weighted by molar-refractivity contribution is -0.463. The average Bonchev–Trinajstić information content (AvgIpc) is 2.20. The van der Waals surface area contributed by atoms with Crippen molar-refractivity contribution in [1.29, 1.82) is 0 Å². The molecule has 0 saturated heterocycles. The first-order valence-corrected chi connectivity index (χ1v) is 5.22. The molecule has 1 aliphatic rings. The van der Waals surface area contributed by atoms with E-state index in [1.54, 1.807) is 0 Å². The van der Waals surface area contributed by atoms with E-state index in [4.69, 9.17) is 0 Å². The highest BCUT2D eigenvalue weighted by atomic mass is 14.9. The minimum absolute atomic E-state index is 1.28. The number of nitrogens with zero attached hydrogens (tertiary/aromatic N) is 1. The SMILES string of the molecule is C/C=C1/C=C(C)C=CC1=[N+](C)C.CC. The normalized spacial score (nSPS) is 17.4. The zero-order valence-electron chi connectivity index (χ0n) is 10.3. The number of allylic oxidation sites excluding steroid dienone is 6. The van der Waals surface area contributed by atoms with Crippen LogP contribution in [0.3, 0.4) is 0 Å². The first kappa shape index (κ1) is 12.9. The van der Waals surface area contributed by atoms with Gasteiger partial charge in [-0.1, -0.05) is 31.6 Å². The quantitative estimate of drug-likeness (QED) is 0.519. The van der Waals surface area contributed by atoms with Crippen LogP contribution in [0.4, 0.5) is 0 Å². The molecule has 0 aromatic heterocycles. The van der Waals surface area contributed by atoms with Crippen LogP contribution in [0.1, 0.15) is 27.7 Å². The van der Waals surface area contributed by atoms with Crippen molar-refractivity contribution in [2.45, 2.75) is 27.7 Å². The minimum atomic E-state index is 1.28. The van der Waals surface area contributed by atoms with E-state index < -0.39 is 0 Å². The van der Waals surface area contributed by atoms with Gasteiger partial charge in [-0.3, -0.25) is 0 Å². The molecular weight excluding hydrogens is 170 g/mol. The van der Waals surface area contributed by atoms with Crippen molar-refractivity contribution in [3.63, 3.8) is 0 Å². The van der Waals surface area contributed by atoms with Crippen molar-refractivity contribution in [3.8, 4) is 0 Å². The van der Waals surface area contributed by atoms with Crippen molar-refractivity contribution < 1.29 is 4.58 Å². The van der Waals surface area contributed by atoms with E-state index in [-0.39, 0.29) is 0 Å². The topological polar surface area (TPSA) is 3.01 Å². The molecule has 0 bridgehead atoms. The third kappa shape index (κ3) is 3.33. The molecule has 0 unspecified atom stereocenters.